The van der Waals surface area contributed by atoms with Gasteiger partial charge in [-0.15, -0.1) is 0 Å². The largest absolute Gasteiger partial charge is 0.462 e. The minimum Gasteiger partial charge on any atom is -0.462 e. The van der Waals surface area contributed by atoms with E-state index in [9.17, 15) is 4.79 Å². The minimum absolute atomic E-state index is 0.00195. The summed E-state index contributed by atoms with van der Waals surface area (Å²) >= 11 is 0. The third-order valence-electron chi connectivity index (χ3n) is 7.58. The smallest absolute Gasteiger partial charge is 0.313 e. The second-order valence-corrected chi connectivity index (χ2v) is 9.46. The number of cyclic esters (lactones) is 1. The molecule has 3 nitrogen and oxygen atoms in total. The Labute approximate surface area is 158 Å². The molecule has 0 aromatic carbocycles. The van der Waals surface area contributed by atoms with Crippen LogP contribution < -0.4 is 0 Å². The van der Waals surface area contributed by atoms with Crippen molar-refractivity contribution >= 4 is 5.97 Å². The van der Waals surface area contributed by atoms with Crippen LogP contribution in [0.4, 0.5) is 0 Å². The van der Waals surface area contributed by atoms with Crippen molar-refractivity contribution in [3.8, 4) is 0 Å². The molecule has 2 saturated heterocycles. The van der Waals surface area contributed by atoms with Crippen molar-refractivity contribution in [3.05, 3.63) is 23.3 Å². The standard InChI is InChI=1S/C23H35NO2/c1-5-24-17(12-13-23(24,3)4)10-11-19-18-9-7-6-8-16(18)14-20-21(19)15(2)26-22(20)25/h11,14-15,17-18,20-21H,5-10,12-13H2,1-4H3/b19-11-/t15-,17?,18-,20-,21+/m0/s1. The molecular weight excluding hydrogens is 322 g/mol. The van der Waals surface area contributed by atoms with E-state index in [1.54, 1.807) is 0 Å². The average Bonchev–Trinajstić information content (AvgIpc) is 3.06. The summed E-state index contributed by atoms with van der Waals surface area (Å²) in [5, 5.41) is 0. The summed E-state index contributed by atoms with van der Waals surface area (Å²) in [5.74, 6) is 0.829. The van der Waals surface area contributed by atoms with Crippen molar-refractivity contribution in [3.63, 3.8) is 0 Å². The van der Waals surface area contributed by atoms with Gasteiger partial charge in [-0.25, -0.2) is 0 Å². The number of rotatable bonds is 3. The van der Waals surface area contributed by atoms with E-state index in [4.69, 9.17) is 4.74 Å². The van der Waals surface area contributed by atoms with Gasteiger partial charge in [-0.3, -0.25) is 9.69 Å². The molecule has 4 rings (SSSR count). The van der Waals surface area contributed by atoms with Crippen LogP contribution in [0.5, 0.6) is 0 Å². The van der Waals surface area contributed by atoms with Gasteiger partial charge in [0.2, 0.25) is 0 Å². The van der Waals surface area contributed by atoms with E-state index in [2.05, 4.69) is 44.7 Å². The highest BCUT2D eigenvalue weighted by molar-refractivity contribution is 5.79. The van der Waals surface area contributed by atoms with E-state index in [0.717, 1.165) is 13.0 Å². The van der Waals surface area contributed by atoms with Gasteiger partial charge in [-0.1, -0.05) is 36.6 Å². The maximum atomic E-state index is 12.4. The molecule has 3 fully saturated rings. The Bertz CT molecular complexity index is 632. The lowest BCUT2D eigenvalue weighted by Gasteiger charge is -2.38. The van der Waals surface area contributed by atoms with Crippen LogP contribution in [0, 0.1) is 17.8 Å². The molecule has 0 aromatic heterocycles. The second kappa shape index (κ2) is 6.82. The summed E-state index contributed by atoms with van der Waals surface area (Å²) < 4.78 is 5.66. The molecule has 0 aromatic rings. The molecule has 0 N–H and O–H groups in total. The molecule has 5 atom stereocenters. The summed E-state index contributed by atoms with van der Waals surface area (Å²) in [4.78, 5) is 15.1. The molecule has 26 heavy (non-hydrogen) atoms. The first-order chi connectivity index (χ1) is 12.4. The third-order valence-corrected chi connectivity index (χ3v) is 7.58. The zero-order chi connectivity index (χ0) is 18.5. The molecule has 3 heteroatoms. The molecule has 2 heterocycles. The number of ether oxygens (including phenoxy) is 1. The molecule has 0 amide bonds. The van der Waals surface area contributed by atoms with E-state index in [1.807, 2.05) is 0 Å². The van der Waals surface area contributed by atoms with Crippen LogP contribution >= 0.6 is 0 Å². The van der Waals surface area contributed by atoms with Crippen LogP contribution in [0.3, 0.4) is 0 Å². The van der Waals surface area contributed by atoms with Crippen LogP contribution in [0.1, 0.15) is 72.6 Å². The zero-order valence-electron chi connectivity index (χ0n) is 17.0. The molecule has 4 aliphatic rings. The van der Waals surface area contributed by atoms with Crippen LogP contribution in [0.25, 0.3) is 0 Å². The lowest BCUT2D eigenvalue weighted by atomic mass is 9.65. The number of carbonyl (C=O) groups excluding carboxylic acids is 1. The average molecular weight is 358 g/mol. The summed E-state index contributed by atoms with van der Waals surface area (Å²) in [6.07, 6.45) is 13.6. The van der Waals surface area contributed by atoms with Gasteiger partial charge in [0.1, 0.15) is 6.10 Å². The number of hydrogen-bond acceptors (Lipinski definition) is 3. The highest BCUT2D eigenvalue weighted by Crippen LogP contribution is 2.49. The number of esters is 1. The first kappa shape index (κ1) is 18.3. The number of likely N-dealkylation sites (tertiary alicyclic amines) is 1. The van der Waals surface area contributed by atoms with Gasteiger partial charge in [0.25, 0.3) is 0 Å². The topological polar surface area (TPSA) is 29.5 Å². The first-order valence-corrected chi connectivity index (χ1v) is 10.8. The Morgan fingerprint density at radius 1 is 1.31 bits per heavy atom. The summed E-state index contributed by atoms with van der Waals surface area (Å²) in [7, 11) is 0. The maximum Gasteiger partial charge on any atom is 0.313 e. The number of allylic oxidation sites excluding steroid dienone is 1. The van der Waals surface area contributed by atoms with Gasteiger partial charge < -0.3 is 4.74 Å². The van der Waals surface area contributed by atoms with Crippen molar-refractivity contribution in [1.82, 2.24) is 4.90 Å². The van der Waals surface area contributed by atoms with E-state index in [-0.39, 0.29) is 23.9 Å². The van der Waals surface area contributed by atoms with Gasteiger partial charge in [-0.2, -0.15) is 0 Å². The highest BCUT2D eigenvalue weighted by atomic mass is 16.6. The fourth-order valence-corrected chi connectivity index (χ4v) is 6.30. The predicted octanol–water partition coefficient (Wildman–Crippen LogP) is 4.87. The van der Waals surface area contributed by atoms with Crippen molar-refractivity contribution in [1.29, 1.82) is 0 Å². The molecule has 0 bridgehead atoms. The zero-order valence-corrected chi connectivity index (χ0v) is 17.0. The fourth-order valence-electron chi connectivity index (χ4n) is 6.30. The number of nitrogens with zero attached hydrogens (tertiary/aromatic N) is 1. The molecule has 144 valence electrons. The van der Waals surface area contributed by atoms with E-state index >= 15 is 0 Å². The molecular formula is C23H35NO2. The van der Waals surface area contributed by atoms with Crippen LogP contribution in [-0.2, 0) is 9.53 Å². The van der Waals surface area contributed by atoms with Crippen LogP contribution in [-0.4, -0.2) is 35.1 Å². The van der Waals surface area contributed by atoms with E-state index in [1.165, 1.54) is 49.7 Å². The lowest BCUT2D eigenvalue weighted by molar-refractivity contribution is -0.142. The Hall–Kier alpha value is -1.09. The molecule has 2 aliphatic heterocycles. The van der Waals surface area contributed by atoms with Gasteiger partial charge in [0, 0.05) is 23.4 Å². The second-order valence-electron chi connectivity index (χ2n) is 9.46. The van der Waals surface area contributed by atoms with Crippen molar-refractivity contribution in [2.24, 2.45) is 17.8 Å². The number of fused-ring (bicyclic) bond motifs is 2. The van der Waals surface area contributed by atoms with Gasteiger partial charge in [0.15, 0.2) is 0 Å². The van der Waals surface area contributed by atoms with Gasteiger partial charge in [0.05, 0.1) is 5.92 Å². The maximum absolute atomic E-state index is 12.4. The van der Waals surface area contributed by atoms with Crippen LogP contribution in [0.15, 0.2) is 23.3 Å². The third kappa shape index (κ3) is 2.96. The number of carbonyl (C=O) groups is 1. The van der Waals surface area contributed by atoms with Crippen molar-refractivity contribution in [2.45, 2.75) is 90.3 Å². The van der Waals surface area contributed by atoms with Crippen LogP contribution in [0.2, 0.25) is 0 Å². The normalized spacial score (nSPS) is 40.9. The summed E-state index contributed by atoms with van der Waals surface area (Å²) in [6.45, 7) is 10.3. The first-order valence-electron chi connectivity index (χ1n) is 10.8. The minimum atomic E-state index is -0.0251. The fraction of sp³-hybridized carbons (Fsp3) is 0.783. The van der Waals surface area contributed by atoms with Crippen molar-refractivity contribution < 1.29 is 9.53 Å². The molecule has 1 saturated carbocycles. The molecule has 0 spiro atoms. The highest BCUT2D eigenvalue weighted by Gasteiger charge is 2.48. The summed E-state index contributed by atoms with van der Waals surface area (Å²) in [5.41, 5.74) is 3.38. The lowest BCUT2D eigenvalue weighted by Crippen LogP contribution is -2.42. The Kier molecular flexibility index (Phi) is 4.79. The summed E-state index contributed by atoms with van der Waals surface area (Å²) in [6, 6.07) is 0.646. The monoisotopic (exact) mass is 357 g/mol. The quantitative estimate of drug-likeness (QED) is 0.533. The number of hydrogen-bond donors (Lipinski definition) is 0. The Morgan fingerprint density at radius 3 is 2.88 bits per heavy atom. The van der Waals surface area contributed by atoms with E-state index in [0.29, 0.717) is 17.5 Å². The Morgan fingerprint density at radius 2 is 2.12 bits per heavy atom. The molecule has 0 radical (unpaired) electrons. The molecule has 2 aliphatic carbocycles. The van der Waals surface area contributed by atoms with E-state index < -0.39 is 0 Å². The molecule has 1 unspecified atom stereocenters. The predicted molar refractivity (Wildman–Crippen MR) is 105 cm³/mol. The SMILES string of the molecule is CCN1C(C/C=C2\[C@H]3[C@H](C)OC(=O)[C@H]3C=C3CCCC[C@@H]32)CCC1(C)C. The van der Waals surface area contributed by atoms with Crippen molar-refractivity contribution in [2.75, 3.05) is 6.54 Å². The Balaban J connectivity index is 1.62. The van der Waals surface area contributed by atoms with Gasteiger partial charge in [-0.05, 0) is 65.8 Å². The van der Waals surface area contributed by atoms with Gasteiger partial charge >= 0.3 is 5.97 Å².